The second-order valence-corrected chi connectivity index (χ2v) is 2.82. The van der Waals surface area contributed by atoms with Gasteiger partial charge in [0, 0.05) is 0 Å². The van der Waals surface area contributed by atoms with E-state index >= 15 is 0 Å². The highest BCUT2D eigenvalue weighted by molar-refractivity contribution is 5.96. The molecule has 0 unspecified atom stereocenters. The average Bonchev–Trinajstić information content (AvgIpc) is 2.84. The molecule has 0 saturated heterocycles. The van der Waals surface area contributed by atoms with Crippen molar-refractivity contribution >= 4 is 11.6 Å². The summed E-state index contributed by atoms with van der Waals surface area (Å²) in [6, 6.07) is 0. The summed E-state index contributed by atoms with van der Waals surface area (Å²) >= 11 is 0. The first-order valence-electron chi connectivity index (χ1n) is 4.18. The van der Waals surface area contributed by atoms with Gasteiger partial charge in [0.25, 0.3) is 5.91 Å². The molecule has 1 amide bonds. The number of H-pyrrole nitrogens is 2. The molecule has 0 saturated carbocycles. The highest BCUT2D eigenvalue weighted by Crippen LogP contribution is 2.05. The Hall–Kier alpha value is -2.38. The maximum atomic E-state index is 11.5. The standard InChI is InChI=1S/C7H9N7O/c8-4-1-11-14-6(4)7(15)9-2-5-10-3-12-13-5/h1,3H,2,8H2,(H,9,15)(H,11,14)(H,10,12,13). The van der Waals surface area contributed by atoms with Crippen LogP contribution < -0.4 is 11.1 Å². The fourth-order valence-electron chi connectivity index (χ4n) is 1.05. The summed E-state index contributed by atoms with van der Waals surface area (Å²) in [6.45, 7) is 0.261. The first-order chi connectivity index (χ1) is 7.27. The zero-order chi connectivity index (χ0) is 10.7. The number of rotatable bonds is 3. The lowest BCUT2D eigenvalue weighted by molar-refractivity contribution is 0.0946. The number of hydrogen-bond donors (Lipinski definition) is 4. The van der Waals surface area contributed by atoms with Crippen molar-refractivity contribution in [1.82, 2.24) is 30.7 Å². The van der Waals surface area contributed by atoms with Crippen LogP contribution in [0.4, 0.5) is 5.69 Å². The van der Waals surface area contributed by atoms with Crippen molar-refractivity contribution in [3.05, 3.63) is 24.0 Å². The second kappa shape index (κ2) is 3.78. The summed E-state index contributed by atoms with van der Waals surface area (Å²) in [5, 5.41) is 15.0. The average molecular weight is 207 g/mol. The van der Waals surface area contributed by atoms with E-state index in [0.29, 0.717) is 11.5 Å². The van der Waals surface area contributed by atoms with Crippen LogP contribution in [0.3, 0.4) is 0 Å². The molecule has 0 spiro atoms. The number of nitrogens with two attached hydrogens (primary N) is 1. The molecule has 5 N–H and O–H groups in total. The number of nitrogen functional groups attached to an aromatic ring is 1. The number of carbonyl (C=O) groups is 1. The fourth-order valence-corrected chi connectivity index (χ4v) is 1.05. The van der Waals surface area contributed by atoms with Gasteiger partial charge < -0.3 is 11.1 Å². The summed E-state index contributed by atoms with van der Waals surface area (Å²) in [4.78, 5) is 15.4. The van der Waals surface area contributed by atoms with Gasteiger partial charge in [0.1, 0.15) is 17.8 Å². The normalized spacial score (nSPS) is 10.1. The summed E-state index contributed by atoms with van der Waals surface area (Å²) in [5.74, 6) is 0.239. The lowest BCUT2D eigenvalue weighted by atomic mass is 10.3. The van der Waals surface area contributed by atoms with Gasteiger partial charge in [-0.05, 0) is 0 Å². The van der Waals surface area contributed by atoms with E-state index in [9.17, 15) is 4.79 Å². The van der Waals surface area contributed by atoms with Crippen LogP contribution in [0.2, 0.25) is 0 Å². The van der Waals surface area contributed by atoms with E-state index in [2.05, 4.69) is 30.7 Å². The summed E-state index contributed by atoms with van der Waals surface area (Å²) < 4.78 is 0. The van der Waals surface area contributed by atoms with Gasteiger partial charge in [0.15, 0.2) is 0 Å². The lowest BCUT2D eigenvalue weighted by Gasteiger charge is -2.00. The predicted octanol–water partition coefficient (Wildman–Crippen LogP) is -0.960. The van der Waals surface area contributed by atoms with Crippen LogP contribution in [-0.4, -0.2) is 31.3 Å². The van der Waals surface area contributed by atoms with E-state index in [4.69, 9.17) is 5.73 Å². The minimum absolute atomic E-state index is 0.245. The Kier molecular flexibility index (Phi) is 2.31. The van der Waals surface area contributed by atoms with Crippen molar-refractivity contribution in [3.63, 3.8) is 0 Å². The molecule has 0 radical (unpaired) electrons. The molecule has 2 aromatic heterocycles. The smallest absolute Gasteiger partial charge is 0.271 e. The molecule has 0 aromatic carbocycles. The largest absolute Gasteiger partial charge is 0.396 e. The van der Waals surface area contributed by atoms with Gasteiger partial charge in [-0.15, -0.1) is 0 Å². The SMILES string of the molecule is Nc1cn[nH]c1C(=O)NCc1ncn[nH]1. The second-order valence-electron chi connectivity index (χ2n) is 2.82. The molecule has 8 heteroatoms. The number of aromatic nitrogens is 5. The zero-order valence-electron chi connectivity index (χ0n) is 7.69. The molecule has 0 fully saturated rings. The van der Waals surface area contributed by atoms with E-state index in [0.717, 1.165) is 0 Å². The Morgan fingerprint density at radius 1 is 1.47 bits per heavy atom. The molecule has 0 aliphatic heterocycles. The first-order valence-corrected chi connectivity index (χ1v) is 4.18. The molecule has 0 aliphatic rings. The van der Waals surface area contributed by atoms with Gasteiger partial charge in [-0.2, -0.15) is 10.2 Å². The highest BCUT2D eigenvalue weighted by atomic mass is 16.1. The van der Waals surface area contributed by atoms with Crippen molar-refractivity contribution < 1.29 is 4.79 Å². The number of amides is 1. The van der Waals surface area contributed by atoms with Gasteiger partial charge in [0.05, 0.1) is 18.4 Å². The van der Waals surface area contributed by atoms with Gasteiger partial charge in [-0.1, -0.05) is 0 Å². The zero-order valence-corrected chi connectivity index (χ0v) is 7.69. The topological polar surface area (TPSA) is 125 Å². The van der Waals surface area contributed by atoms with Gasteiger partial charge in [-0.3, -0.25) is 15.0 Å². The quantitative estimate of drug-likeness (QED) is 0.515. The molecule has 2 rings (SSSR count). The van der Waals surface area contributed by atoms with Crippen LogP contribution >= 0.6 is 0 Å². The Morgan fingerprint density at radius 2 is 2.33 bits per heavy atom. The first kappa shape index (κ1) is 9.19. The maximum Gasteiger partial charge on any atom is 0.271 e. The van der Waals surface area contributed by atoms with Crippen molar-refractivity contribution in [2.75, 3.05) is 5.73 Å². The van der Waals surface area contributed by atoms with Crippen molar-refractivity contribution in [2.45, 2.75) is 6.54 Å². The molecule has 15 heavy (non-hydrogen) atoms. The molecule has 0 aliphatic carbocycles. The van der Waals surface area contributed by atoms with Crippen LogP contribution in [0.15, 0.2) is 12.5 Å². The summed E-state index contributed by atoms with van der Waals surface area (Å²) in [5.41, 5.74) is 6.06. The number of nitrogens with zero attached hydrogens (tertiary/aromatic N) is 3. The lowest BCUT2D eigenvalue weighted by Crippen LogP contribution is -2.24. The molecule has 2 heterocycles. The van der Waals surface area contributed by atoms with Crippen molar-refractivity contribution in [1.29, 1.82) is 0 Å². The van der Waals surface area contributed by atoms with Gasteiger partial charge in [-0.25, -0.2) is 4.98 Å². The summed E-state index contributed by atoms with van der Waals surface area (Å²) in [7, 11) is 0. The molecular weight excluding hydrogens is 198 g/mol. The third-order valence-electron chi connectivity index (χ3n) is 1.78. The van der Waals surface area contributed by atoms with Crippen LogP contribution in [0.1, 0.15) is 16.3 Å². The van der Waals surface area contributed by atoms with Crippen LogP contribution in [-0.2, 0) is 6.54 Å². The highest BCUT2D eigenvalue weighted by Gasteiger charge is 2.11. The van der Waals surface area contributed by atoms with E-state index in [-0.39, 0.29) is 18.1 Å². The minimum Gasteiger partial charge on any atom is -0.396 e. The third kappa shape index (κ3) is 1.93. The van der Waals surface area contributed by atoms with Crippen molar-refractivity contribution in [2.24, 2.45) is 0 Å². The van der Waals surface area contributed by atoms with Gasteiger partial charge in [0.2, 0.25) is 0 Å². The van der Waals surface area contributed by atoms with E-state index in [1.807, 2.05) is 0 Å². The number of aromatic amines is 2. The number of carbonyl (C=O) groups excluding carboxylic acids is 1. The Bertz CT molecular complexity index is 446. The molecule has 8 nitrogen and oxygen atoms in total. The van der Waals surface area contributed by atoms with Crippen LogP contribution in [0.25, 0.3) is 0 Å². The predicted molar refractivity (Wildman–Crippen MR) is 50.6 cm³/mol. The molecule has 2 aromatic rings. The van der Waals surface area contributed by atoms with E-state index in [1.165, 1.54) is 12.5 Å². The monoisotopic (exact) mass is 207 g/mol. The van der Waals surface area contributed by atoms with Crippen molar-refractivity contribution in [3.8, 4) is 0 Å². The Morgan fingerprint density at radius 3 is 2.93 bits per heavy atom. The van der Waals surface area contributed by atoms with E-state index in [1.54, 1.807) is 0 Å². The molecule has 0 bridgehead atoms. The van der Waals surface area contributed by atoms with Crippen LogP contribution in [0.5, 0.6) is 0 Å². The number of hydrogen-bond acceptors (Lipinski definition) is 5. The Balaban J connectivity index is 1.96. The number of nitrogens with one attached hydrogen (secondary N) is 3. The summed E-state index contributed by atoms with van der Waals surface area (Å²) in [6.07, 6.45) is 2.75. The fraction of sp³-hybridized carbons (Fsp3) is 0.143. The van der Waals surface area contributed by atoms with E-state index < -0.39 is 0 Å². The Labute approximate surface area is 84.3 Å². The molecule has 78 valence electrons. The van der Waals surface area contributed by atoms with Gasteiger partial charge >= 0.3 is 0 Å². The van der Waals surface area contributed by atoms with Crippen LogP contribution in [0, 0.1) is 0 Å². The molecule has 0 atom stereocenters. The molecular formula is C7H9N7O. The minimum atomic E-state index is -0.332. The third-order valence-corrected chi connectivity index (χ3v) is 1.78. The number of anilines is 1. The maximum absolute atomic E-state index is 11.5.